The molecule has 0 spiro atoms. The molecule has 0 fully saturated rings. The Morgan fingerprint density at radius 1 is 0.893 bits per heavy atom. The summed E-state index contributed by atoms with van der Waals surface area (Å²) in [4.78, 5) is 12.0. The average molecular weight is 390 g/mol. The van der Waals surface area contributed by atoms with Crippen LogP contribution < -0.4 is 5.32 Å². The second kappa shape index (κ2) is 7.60. The maximum atomic E-state index is 12.0. The van der Waals surface area contributed by atoms with Crippen molar-refractivity contribution in [3.05, 3.63) is 47.5 Å². The van der Waals surface area contributed by atoms with Crippen LogP contribution in [0, 0.1) is 11.5 Å². The van der Waals surface area contributed by atoms with Crippen molar-refractivity contribution in [3.8, 4) is 11.5 Å². The van der Waals surface area contributed by atoms with Gasteiger partial charge in [-0.3, -0.25) is 4.79 Å². The van der Waals surface area contributed by atoms with E-state index in [1.807, 2.05) is 0 Å². The first-order valence-corrected chi connectivity index (χ1v) is 12.5. The molecule has 3 heteroatoms. The van der Waals surface area contributed by atoms with E-state index < -0.39 is 8.07 Å². The van der Waals surface area contributed by atoms with Crippen molar-refractivity contribution in [1.29, 1.82) is 0 Å². The van der Waals surface area contributed by atoms with Crippen LogP contribution in [0.4, 0.5) is 0 Å². The molecule has 2 aromatic rings. The smallest absolute Gasteiger partial charge is 0.221 e. The molecule has 0 unspecified atom stereocenters. The summed E-state index contributed by atoms with van der Waals surface area (Å²) in [5.41, 5.74) is 9.62. The van der Waals surface area contributed by atoms with Crippen molar-refractivity contribution in [2.75, 3.05) is 0 Å². The zero-order chi connectivity index (χ0) is 20.6. The fourth-order valence-electron chi connectivity index (χ4n) is 5.07. The van der Waals surface area contributed by atoms with E-state index in [2.05, 4.69) is 94.7 Å². The summed E-state index contributed by atoms with van der Waals surface area (Å²) in [6.07, 6.45) is 0. The van der Waals surface area contributed by atoms with Gasteiger partial charge in [0, 0.05) is 18.1 Å². The first-order valence-electron chi connectivity index (χ1n) is 10.3. The van der Waals surface area contributed by atoms with Crippen LogP contribution in [0.2, 0.25) is 16.6 Å². The first kappa shape index (κ1) is 20.4. The van der Waals surface area contributed by atoms with Crippen LogP contribution >= 0.6 is 0 Å². The van der Waals surface area contributed by atoms with Crippen LogP contribution in [0.3, 0.4) is 0 Å². The topological polar surface area (TPSA) is 29.1 Å². The standard InChI is InChI=1S/C25H31NOSi/c1-16(2)28(17(3)4,18(5)6)15-14-22-21-12-8-10-20-11-9-13-23(24(20)21)25(22)26-19(7)27/h8-13,16-18H,1-7H3,(H,26,27). The van der Waals surface area contributed by atoms with Crippen molar-refractivity contribution in [2.45, 2.75) is 65.1 Å². The highest BCUT2D eigenvalue weighted by Gasteiger charge is 2.42. The van der Waals surface area contributed by atoms with Crippen molar-refractivity contribution in [2.24, 2.45) is 0 Å². The largest absolute Gasteiger partial charge is 0.325 e. The lowest BCUT2D eigenvalue weighted by atomic mass is 10.0. The molecule has 0 heterocycles. The average Bonchev–Trinajstić information content (AvgIpc) is 2.90. The molecule has 146 valence electrons. The molecular weight excluding hydrogens is 358 g/mol. The van der Waals surface area contributed by atoms with Crippen molar-refractivity contribution < 1.29 is 4.79 Å². The number of rotatable bonds is 4. The SMILES string of the molecule is CC(=O)NC1=C(C#C[Si](C(C)C)(C(C)C)C(C)C)c2cccc3cccc1c23. The highest BCUT2D eigenvalue weighted by molar-refractivity contribution is 6.90. The van der Waals surface area contributed by atoms with E-state index in [0.29, 0.717) is 16.6 Å². The van der Waals surface area contributed by atoms with Gasteiger partial charge in [-0.15, -0.1) is 5.54 Å². The van der Waals surface area contributed by atoms with E-state index in [0.717, 1.165) is 22.4 Å². The summed E-state index contributed by atoms with van der Waals surface area (Å²) >= 11 is 0. The molecule has 28 heavy (non-hydrogen) atoms. The monoisotopic (exact) mass is 389 g/mol. The maximum Gasteiger partial charge on any atom is 0.221 e. The van der Waals surface area contributed by atoms with Gasteiger partial charge in [0.05, 0.1) is 11.3 Å². The summed E-state index contributed by atoms with van der Waals surface area (Å²) < 4.78 is 0. The fraction of sp³-hybridized carbons (Fsp3) is 0.400. The number of amides is 1. The van der Waals surface area contributed by atoms with Crippen molar-refractivity contribution in [3.63, 3.8) is 0 Å². The Balaban J connectivity index is 2.27. The van der Waals surface area contributed by atoms with Gasteiger partial charge in [0.15, 0.2) is 0 Å². The third kappa shape index (κ3) is 3.20. The Hall–Kier alpha value is -2.31. The van der Waals surface area contributed by atoms with Gasteiger partial charge in [-0.25, -0.2) is 0 Å². The van der Waals surface area contributed by atoms with Crippen LogP contribution in [0.1, 0.15) is 59.6 Å². The maximum absolute atomic E-state index is 12.0. The molecule has 1 N–H and O–H groups in total. The number of carbonyl (C=O) groups excluding carboxylic acids is 1. The predicted octanol–water partition coefficient (Wildman–Crippen LogP) is 6.38. The molecule has 2 nitrogen and oxygen atoms in total. The third-order valence-electron chi connectivity index (χ3n) is 6.26. The minimum Gasteiger partial charge on any atom is -0.325 e. The Bertz CT molecular complexity index is 991. The summed E-state index contributed by atoms with van der Waals surface area (Å²) in [7, 11) is -1.86. The lowest BCUT2D eigenvalue weighted by molar-refractivity contribution is -0.117. The molecule has 0 atom stereocenters. The zero-order valence-corrected chi connectivity index (χ0v) is 19.1. The summed E-state index contributed by atoms with van der Waals surface area (Å²) in [5.74, 6) is 3.55. The minimum atomic E-state index is -1.86. The first-order chi connectivity index (χ1) is 13.2. The Labute approximate surface area is 170 Å². The lowest BCUT2D eigenvalue weighted by Gasteiger charge is -2.38. The van der Waals surface area contributed by atoms with Crippen LogP contribution in [0.25, 0.3) is 22.0 Å². The van der Waals surface area contributed by atoms with Gasteiger partial charge in [0.1, 0.15) is 8.07 Å². The molecule has 1 aliphatic rings. The molecular formula is C25H31NOSi. The summed E-state index contributed by atoms with van der Waals surface area (Å²) in [6.45, 7) is 15.5. The number of benzene rings is 2. The van der Waals surface area contributed by atoms with Gasteiger partial charge in [0.2, 0.25) is 5.91 Å². The van der Waals surface area contributed by atoms with E-state index in [4.69, 9.17) is 0 Å². The van der Waals surface area contributed by atoms with E-state index in [1.54, 1.807) is 6.92 Å². The molecule has 0 aromatic heterocycles. The number of hydrogen-bond donors (Lipinski definition) is 1. The Morgan fingerprint density at radius 2 is 1.43 bits per heavy atom. The number of allylic oxidation sites excluding steroid dienone is 1. The highest BCUT2D eigenvalue weighted by atomic mass is 28.3. The molecule has 2 aromatic carbocycles. The van der Waals surface area contributed by atoms with Gasteiger partial charge in [-0.05, 0) is 27.4 Å². The van der Waals surface area contributed by atoms with Crippen LogP contribution in [0.15, 0.2) is 36.4 Å². The predicted molar refractivity (Wildman–Crippen MR) is 123 cm³/mol. The van der Waals surface area contributed by atoms with Crippen LogP contribution in [0.5, 0.6) is 0 Å². The molecule has 1 aliphatic carbocycles. The van der Waals surface area contributed by atoms with E-state index in [1.165, 1.54) is 10.8 Å². The normalized spacial score (nSPS) is 13.5. The number of carbonyl (C=O) groups is 1. The van der Waals surface area contributed by atoms with Gasteiger partial charge in [-0.2, -0.15) is 0 Å². The summed E-state index contributed by atoms with van der Waals surface area (Å²) in [6, 6.07) is 12.6. The molecule has 3 rings (SSSR count). The van der Waals surface area contributed by atoms with Gasteiger partial charge in [0.25, 0.3) is 0 Å². The number of nitrogens with one attached hydrogen (secondary N) is 1. The molecule has 0 saturated heterocycles. The van der Waals surface area contributed by atoms with Gasteiger partial charge in [-0.1, -0.05) is 83.9 Å². The van der Waals surface area contributed by atoms with Gasteiger partial charge >= 0.3 is 0 Å². The molecule has 1 amide bonds. The van der Waals surface area contributed by atoms with Crippen LogP contribution in [-0.2, 0) is 4.79 Å². The molecule has 0 bridgehead atoms. The van der Waals surface area contributed by atoms with E-state index in [9.17, 15) is 4.79 Å². The number of hydrogen-bond acceptors (Lipinski definition) is 1. The summed E-state index contributed by atoms with van der Waals surface area (Å²) in [5, 5.41) is 5.46. The second-order valence-corrected chi connectivity index (χ2v) is 14.4. The molecule has 0 aliphatic heterocycles. The van der Waals surface area contributed by atoms with Crippen molar-refractivity contribution in [1.82, 2.24) is 5.32 Å². The quantitative estimate of drug-likeness (QED) is 0.477. The second-order valence-electron chi connectivity index (χ2n) is 8.79. The van der Waals surface area contributed by atoms with Gasteiger partial charge < -0.3 is 5.32 Å². The molecule has 0 radical (unpaired) electrons. The van der Waals surface area contributed by atoms with E-state index >= 15 is 0 Å². The Morgan fingerprint density at radius 3 is 1.93 bits per heavy atom. The highest BCUT2D eigenvalue weighted by Crippen LogP contribution is 2.43. The third-order valence-corrected chi connectivity index (χ3v) is 12.6. The lowest BCUT2D eigenvalue weighted by Crippen LogP contribution is -2.43. The van der Waals surface area contributed by atoms with Crippen molar-refractivity contribution >= 4 is 36.0 Å². The minimum absolute atomic E-state index is 0.0563. The van der Waals surface area contributed by atoms with Crippen LogP contribution in [-0.4, -0.2) is 14.0 Å². The Kier molecular flexibility index (Phi) is 5.54. The van der Waals surface area contributed by atoms with E-state index in [-0.39, 0.29) is 5.91 Å². The molecule has 0 saturated carbocycles. The fourth-order valence-corrected chi connectivity index (χ4v) is 10.3. The zero-order valence-electron chi connectivity index (χ0n) is 18.1.